The average molecular weight is 2080 g/mol. The fraction of sp³-hybridized carbons (Fsp3) is 0.515. The van der Waals surface area contributed by atoms with Gasteiger partial charge in [-0.15, -0.1) is 23.1 Å². The van der Waals surface area contributed by atoms with Crippen molar-refractivity contribution in [1.29, 1.82) is 0 Å². The van der Waals surface area contributed by atoms with E-state index in [0.29, 0.717) is 52.2 Å². The van der Waals surface area contributed by atoms with Crippen molar-refractivity contribution >= 4 is 157 Å². The largest absolute Gasteiger partial charge is 0.508 e. The molecule has 46 nitrogen and oxygen atoms in total. The number of aliphatic carboxylic acids is 1. The summed E-state index contributed by atoms with van der Waals surface area (Å²) < 4.78 is 11.1. The molecule has 6 aromatic rings. The van der Waals surface area contributed by atoms with E-state index in [1.165, 1.54) is 93.2 Å². The van der Waals surface area contributed by atoms with E-state index in [1.54, 1.807) is 54.0 Å². The molecule has 15 unspecified atom stereocenters. The summed E-state index contributed by atoms with van der Waals surface area (Å²) in [5.74, 6) is -17.9. The number of aromatic hydroxyl groups is 1. The number of carboxylic acids is 1. The molecular formula is C99H136N22O24S2. The number of para-hydroxylation sites is 1. The second kappa shape index (κ2) is 58.0. The van der Waals surface area contributed by atoms with Gasteiger partial charge in [-0.1, -0.05) is 113 Å². The molecular weight excluding hydrogens is 1950 g/mol. The number of imidazole rings is 1. The number of H-pyrrole nitrogens is 2. The number of thiophene rings is 1. The normalized spacial score (nSPS) is 23.5. The van der Waals surface area contributed by atoms with Gasteiger partial charge in [0, 0.05) is 125 Å². The molecule has 0 radical (unpaired) electrons. The Balaban J connectivity index is 1.14. The fourth-order valence-corrected chi connectivity index (χ4v) is 19.3. The van der Waals surface area contributed by atoms with E-state index in [9.17, 15) is 48.9 Å². The van der Waals surface area contributed by atoms with Crippen molar-refractivity contribution in [3.63, 3.8) is 0 Å². The zero-order valence-corrected chi connectivity index (χ0v) is 84.9. The first-order chi connectivity index (χ1) is 70.4. The van der Waals surface area contributed by atoms with Crippen molar-refractivity contribution < 1.29 is 116 Å². The van der Waals surface area contributed by atoms with Crippen molar-refractivity contribution in [3.8, 4) is 5.75 Å². The van der Waals surface area contributed by atoms with Gasteiger partial charge in [-0.25, -0.2) is 14.6 Å². The molecule has 15 atom stereocenters. The Morgan fingerprint density at radius 2 is 1.11 bits per heavy atom. The second-order valence-electron chi connectivity index (χ2n) is 36.3. The van der Waals surface area contributed by atoms with E-state index in [0.717, 1.165) is 36.1 Å². The first-order valence-corrected chi connectivity index (χ1v) is 51.1. The first kappa shape index (κ1) is 116. The molecule has 3 aliphatic heterocycles. The van der Waals surface area contributed by atoms with Gasteiger partial charge in [-0.3, -0.25) is 81.5 Å². The summed E-state index contributed by atoms with van der Waals surface area (Å²) in [6, 6.07) is -2.51. The molecule has 3 aromatic heterocycles. The second-order valence-corrected chi connectivity index (χ2v) is 38.3. The summed E-state index contributed by atoms with van der Waals surface area (Å²) in [5.41, 5.74) is 13.7. The minimum atomic E-state index is -1.85. The van der Waals surface area contributed by atoms with Gasteiger partial charge in [0.2, 0.25) is 94.5 Å². The standard InChI is InChI=1S/C99H136N22O24S2/c1-9-13-27-76-90(134)110-67(26-20-39-103-98(142)144-42-11-3)86(130)116-75(85(129)106-51-81(101)124)54-146-55-82(125)108-73(44-58-31-33-62(122)34-32-58)93(137)117(6)57(5)84(128)111-69(25-19-38-100)95(139)120-41-21-29-77(120)91(135)114-72(47-61-50-102-56-107-61)89(133)112-70(35-36-83(126)127)96(140)121-52-63(123)48-79(121)92(136)113-71(45-59-49-105-66-24-17-15-22-64(59)66)88(132)109-68(37-40-104-99(143)145-43-12-4)87(131)115-74(46-60-53-147-80-30-18-16-23-65(60)80)94(138)119(8)78(28-14-10-2)97(141)118(76)7/h11-12,15-18,22-24,30-34,49-50,53,56-57,63,67-79,105,122-123H,3-4,9-10,13-14,19-21,25-29,35-48,51-52,54-55,100H2,1-2,5-8H3,(H2,101,124)(H,102,107)(H,103,142)(H,104,143)(H,106,129)(H,108,125)(H,109,132)(H,110,134)(H,111,128)(H,112,133)(H,113,136)(H,114,135)(H,115,131)(H,116,130)(H,126,127). The van der Waals surface area contributed by atoms with Crippen LogP contribution in [0.4, 0.5) is 9.59 Å². The highest BCUT2D eigenvalue weighted by Crippen LogP contribution is 2.30. The van der Waals surface area contributed by atoms with E-state index in [4.69, 9.17) is 20.9 Å². The zero-order chi connectivity index (χ0) is 107. The number of aromatic amines is 2. The number of hydrogen-bond donors (Lipinski definition) is 19. The van der Waals surface area contributed by atoms with Crippen LogP contribution in [0.3, 0.4) is 0 Å². The summed E-state index contributed by atoms with van der Waals surface area (Å²) in [6.07, 6.45) is 1.05. The molecule has 3 fully saturated rings. The number of nitrogens with two attached hydrogens (primary N) is 2. The molecule has 21 N–H and O–H groups in total. The van der Waals surface area contributed by atoms with Crippen LogP contribution < -0.4 is 75.3 Å². The van der Waals surface area contributed by atoms with Crippen LogP contribution in [0.25, 0.3) is 21.0 Å². The number of primary amides is 1. The predicted molar refractivity (Wildman–Crippen MR) is 542 cm³/mol. The molecule has 0 spiro atoms. The number of likely N-dealkylation sites (N-methyl/N-ethyl adjacent to an activating group) is 3. The number of amides is 18. The number of fused-ring (bicyclic) bond motifs is 4. The SMILES string of the molecule is C=CCOC(=O)NCCCC1NC(=O)C(CCCC)N(C)C(=O)C(CCCC)N(C)C(=O)C(Cc2csc3ccccc23)NC(=O)C(CCNC(=O)OCC=C)NC(=O)C(Cc2c[nH]c3ccccc23)NC(=O)C2CC(O)CN2C(=O)C(CCC(=O)O)NC(=O)C(Cc2cnc[nH]2)NC(=O)C2CCCN2C(=O)C(CCCN)NC(=O)C(C)N(C)C(=O)C(Cc2ccc(O)cc2)NC(=O)CSCC(C(=O)NCC(N)=O)NC1=O. The monoisotopic (exact) mass is 2080 g/mol. The number of ether oxygens (including phenoxy) is 2. The zero-order valence-electron chi connectivity index (χ0n) is 83.2. The van der Waals surface area contributed by atoms with Crippen molar-refractivity contribution in [2.75, 3.05) is 85.1 Å². The summed E-state index contributed by atoms with van der Waals surface area (Å²) in [6.45, 7) is 9.73. The number of hydrogen-bond acceptors (Lipinski definition) is 27. The first-order valence-electron chi connectivity index (χ1n) is 49.0. The number of carboxylic acid groups (broad SMARTS) is 1. The molecule has 18 amide bonds. The Kier molecular flexibility index (Phi) is 45.7. The summed E-state index contributed by atoms with van der Waals surface area (Å²) >= 11 is 2.08. The van der Waals surface area contributed by atoms with Crippen LogP contribution in [0.1, 0.15) is 146 Å². The number of aliphatic hydroxyl groups excluding tert-OH is 1. The Morgan fingerprint density at radius 1 is 0.551 bits per heavy atom. The van der Waals surface area contributed by atoms with Crippen LogP contribution in [0, 0.1) is 0 Å². The minimum absolute atomic E-state index is 0.00104. The lowest BCUT2D eigenvalue weighted by molar-refractivity contribution is -0.149. The molecule has 0 saturated carbocycles. The molecule has 0 aliphatic carbocycles. The van der Waals surface area contributed by atoms with Gasteiger partial charge in [0.1, 0.15) is 104 Å². The van der Waals surface area contributed by atoms with Crippen molar-refractivity contribution in [1.82, 2.24) is 103 Å². The lowest BCUT2D eigenvalue weighted by Gasteiger charge is -2.36. The van der Waals surface area contributed by atoms with Crippen LogP contribution in [-0.2, 0) is 117 Å². The predicted octanol–water partition coefficient (Wildman–Crippen LogP) is 0.226. The number of benzene rings is 3. The van der Waals surface area contributed by atoms with Crippen LogP contribution in [-0.4, -0.2) is 343 Å². The minimum Gasteiger partial charge on any atom is -0.508 e. The van der Waals surface area contributed by atoms with E-state index >= 15 is 57.5 Å². The molecule has 3 aromatic carbocycles. The smallest absolute Gasteiger partial charge is 0.407 e. The topological polar surface area (TPSA) is 661 Å². The third kappa shape index (κ3) is 34.3. The number of phenolic OH excluding ortho intramolecular Hbond substituents is 1. The van der Waals surface area contributed by atoms with Crippen molar-refractivity contribution in [2.45, 2.75) is 240 Å². The van der Waals surface area contributed by atoms with Gasteiger partial charge in [0.15, 0.2) is 0 Å². The lowest BCUT2D eigenvalue weighted by Crippen LogP contribution is -2.61. The molecule has 147 heavy (non-hydrogen) atoms. The molecule has 48 heteroatoms. The van der Waals surface area contributed by atoms with Crippen LogP contribution >= 0.6 is 23.1 Å². The maximum Gasteiger partial charge on any atom is 0.407 e. The number of carbonyl (C=O) groups excluding carboxylic acids is 18. The number of aliphatic hydroxyl groups is 1. The lowest BCUT2D eigenvalue weighted by atomic mass is 9.99. The molecule has 3 saturated heterocycles. The third-order valence-electron chi connectivity index (χ3n) is 25.6. The maximum atomic E-state index is 16.1. The Bertz CT molecular complexity index is 5610. The molecule has 6 heterocycles. The van der Waals surface area contributed by atoms with Crippen molar-refractivity contribution in [2.24, 2.45) is 11.5 Å². The van der Waals surface area contributed by atoms with E-state index in [-0.39, 0.29) is 128 Å². The Morgan fingerprint density at radius 3 is 1.77 bits per heavy atom. The average Bonchev–Trinajstić information content (AvgIpc) is 1.70. The van der Waals surface area contributed by atoms with E-state index in [1.807, 2.05) is 19.9 Å². The Labute approximate surface area is 858 Å². The number of alkyl carbamates (subject to hydrolysis) is 2. The third-order valence-corrected chi connectivity index (χ3v) is 27.6. The van der Waals surface area contributed by atoms with Crippen LogP contribution in [0.5, 0.6) is 5.75 Å². The fourth-order valence-electron chi connectivity index (χ4n) is 17.4. The summed E-state index contributed by atoms with van der Waals surface area (Å²) in [4.78, 5) is 295. The highest BCUT2D eigenvalue weighted by atomic mass is 32.2. The summed E-state index contributed by atoms with van der Waals surface area (Å²) in [7, 11) is 3.93. The quantitative estimate of drug-likeness (QED) is 0.0190. The van der Waals surface area contributed by atoms with Gasteiger partial charge in [-0.05, 0) is 129 Å². The van der Waals surface area contributed by atoms with E-state index < -0.39 is 260 Å². The number of unbranched alkanes of at least 4 members (excludes halogenated alkanes) is 2. The number of phenols is 1. The number of carbonyl (C=O) groups is 19. The van der Waals surface area contributed by atoms with Gasteiger partial charge in [-0.2, -0.15) is 0 Å². The molecule has 0 bridgehead atoms. The van der Waals surface area contributed by atoms with Crippen molar-refractivity contribution in [3.05, 3.63) is 145 Å². The van der Waals surface area contributed by atoms with Gasteiger partial charge in [0.25, 0.3) is 0 Å². The van der Waals surface area contributed by atoms with Crippen LogP contribution in [0.15, 0.2) is 122 Å². The molecule has 9 rings (SSSR count). The van der Waals surface area contributed by atoms with Gasteiger partial charge in [0.05, 0.1) is 24.7 Å². The maximum absolute atomic E-state index is 16.1. The molecule has 3 aliphatic rings. The Hall–Kier alpha value is -14.5. The number of thioether (sulfide) groups is 1. The van der Waals surface area contributed by atoms with Gasteiger partial charge < -0.3 is 135 Å². The van der Waals surface area contributed by atoms with E-state index in [2.05, 4.69) is 91.9 Å². The number of rotatable bonds is 34. The number of nitrogens with one attached hydrogen (secondary N) is 14. The van der Waals surface area contributed by atoms with Gasteiger partial charge >= 0.3 is 18.2 Å². The number of nitrogens with zero attached hydrogens (tertiary/aromatic N) is 6. The van der Waals surface area contributed by atoms with Crippen LogP contribution in [0.2, 0.25) is 0 Å². The highest BCUT2D eigenvalue weighted by Gasteiger charge is 2.47. The summed E-state index contributed by atoms with van der Waals surface area (Å²) in [5, 5.41) is 67.0. The highest BCUT2D eigenvalue weighted by molar-refractivity contribution is 8.00. The molecule has 798 valence electrons. The number of aromatic nitrogens is 3.